The maximum absolute atomic E-state index is 12.5. The van der Waals surface area contributed by atoms with Crippen molar-refractivity contribution in [3.8, 4) is 11.4 Å². The Morgan fingerprint density at radius 1 is 1.29 bits per heavy atom. The van der Waals surface area contributed by atoms with Crippen LogP contribution < -0.4 is 0 Å². The van der Waals surface area contributed by atoms with Crippen LogP contribution >= 0.6 is 27.5 Å². The number of aromatic nitrogens is 2. The van der Waals surface area contributed by atoms with Crippen LogP contribution in [0.5, 0.6) is 0 Å². The molecule has 0 aliphatic carbocycles. The van der Waals surface area contributed by atoms with Crippen LogP contribution in [0.15, 0.2) is 28.9 Å². The van der Waals surface area contributed by atoms with Gasteiger partial charge in [-0.3, -0.25) is 0 Å². The summed E-state index contributed by atoms with van der Waals surface area (Å²) in [6.45, 7) is 0. The summed E-state index contributed by atoms with van der Waals surface area (Å²) in [5, 5.41) is 0.434. The molecule has 0 saturated heterocycles. The van der Waals surface area contributed by atoms with Crippen LogP contribution in [0.25, 0.3) is 11.4 Å². The highest BCUT2D eigenvalue weighted by molar-refractivity contribution is 9.10. The number of H-pyrrole nitrogens is 1. The Kier molecular flexibility index (Phi) is 3.18. The molecule has 1 heterocycles. The first-order chi connectivity index (χ1) is 7.88. The van der Waals surface area contributed by atoms with E-state index in [2.05, 4.69) is 25.9 Å². The molecule has 2 nitrogen and oxygen atoms in total. The minimum absolute atomic E-state index is 0.117. The Morgan fingerprint density at radius 3 is 2.53 bits per heavy atom. The van der Waals surface area contributed by atoms with Gasteiger partial charge in [0.05, 0.1) is 0 Å². The van der Waals surface area contributed by atoms with Gasteiger partial charge in [-0.25, -0.2) is 4.98 Å². The Labute approximate surface area is 108 Å². The smallest absolute Gasteiger partial charge is 0.333 e. The van der Waals surface area contributed by atoms with Crippen molar-refractivity contribution in [2.45, 2.75) is 6.18 Å². The molecular formula is C10H5BrClF3N2. The third-order valence-corrected chi connectivity index (χ3v) is 2.85. The summed E-state index contributed by atoms with van der Waals surface area (Å²) in [7, 11) is 0. The van der Waals surface area contributed by atoms with Crippen molar-refractivity contribution < 1.29 is 13.2 Å². The first kappa shape index (κ1) is 12.4. The van der Waals surface area contributed by atoms with Gasteiger partial charge in [-0.1, -0.05) is 23.7 Å². The van der Waals surface area contributed by atoms with E-state index in [4.69, 9.17) is 11.6 Å². The van der Waals surface area contributed by atoms with Crippen LogP contribution in [0.4, 0.5) is 13.2 Å². The summed E-state index contributed by atoms with van der Waals surface area (Å²) in [5.41, 5.74) is -0.416. The highest BCUT2D eigenvalue weighted by atomic mass is 79.9. The fraction of sp³-hybridized carbons (Fsp3) is 0.100. The molecule has 0 saturated carbocycles. The van der Waals surface area contributed by atoms with E-state index in [9.17, 15) is 13.2 Å². The van der Waals surface area contributed by atoms with E-state index in [1.54, 1.807) is 18.2 Å². The van der Waals surface area contributed by atoms with E-state index in [0.717, 1.165) is 0 Å². The average Bonchev–Trinajstić information content (AvgIpc) is 2.60. The molecule has 7 heteroatoms. The molecule has 17 heavy (non-hydrogen) atoms. The van der Waals surface area contributed by atoms with Crippen LogP contribution in [0.1, 0.15) is 5.69 Å². The summed E-state index contributed by atoms with van der Waals surface area (Å²) in [6, 6.07) is 6.43. The van der Waals surface area contributed by atoms with Crippen LogP contribution in [-0.4, -0.2) is 9.97 Å². The second kappa shape index (κ2) is 4.34. The Balaban J connectivity index is 2.49. The number of halogens is 5. The van der Waals surface area contributed by atoms with Gasteiger partial charge in [-0.15, -0.1) is 0 Å². The first-order valence-corrected chi connectivity index (χ1v) is 5.63. The maximum Gasteiger partial charge on any atom is 0.433 e. The van der Waals surface area contributed by atoms with Gasteiger partial charge in [-0.2, -0.15) is 13.2 Å². The van der Waals surface area contributed by atoms with Crippen molar-refractivity contribution in [1.82, 2.24) is 9.97 Å². The topological polar surface area (TPSA) is 28.7 Å². The highest BCUT2D eigenvalue weighted by Crippen LogP contribution is 2.35. The van der Waals surface area contributed by atoms with Crippen LogP contribution in [0.2, 0.25) is 5.02 Å². The lowest BCUT2D eigenvalue weighted by Crippen LogP contribution is -2.06. The first-order valence-electron chi connectivity index (χ1n) is 4.46. The second-order valence-corrected chi connectivity index (χ2v) is 4.45. The lowest BCUT2D eigenvalue weighted by atomic mass is 10.2. The Hall–Kier alpha value is -1.01. The third-order valence-electron chi connectivity index (χ3n) is 2.04. The third kappa shape index (κ3) is 2.63. The minimum atomic E-state index is -4.47. The van der Waals surface area contributed by atoms with Crippen molar-refractivity contribution in [1.29, 1.82) is 0 Å². The zero-order chi connectivity index (χ0) is 12.6. The molecule has 0 bridgehead atoms. The number of rotatable bonds is 1. The van der Waals surface area contributed by atoms with Crippen LogP contribution in [0.3, 0.4) is 0 Å². The SMILES string of the molecule is FC(F)(F)c1[nH]c(-c2cccc(Cl)c2)nc1Br. The number of imidazole rings is 1. The standard InChI is InChI=1S/C10H5BrClF3N2/c11-8-7(10(13,14)15)16-9(17-8)5-2-1-3-6(12)4-5/h1-4H,(H,16,17). The van der Waals surface area contributed by atoms with Crippen molar-refractivity contribution >= 4 is 27.5 Å². The van der Waals surface area contributed by atoms with Gasteiger partial charge < -0.3 is 4.98 Å². The highest BCUT2D eigenvalue weighted by Gasteiger charge is 2.36. The summed E-state index contributed by atoms with van der Waals surface area (Å²) in [4.78, 5) is 5.99. The van der Waals surface area contributed by atoms with Crippen molar-refractivity contribution in [3.63, 3.8) is 0 Å². The van der Waals surface area contributed by atoms with E-state index < -0.39 is 11.9 Å². The van der Waals surface area contributed by atoms with E-state index in [1.165, 1.54) is 6.07 Å². The van der Waals surface area contributed by atoms with Gasteiger partial charge in [0.2, 0.25) is 0 Å². The van der Waals surface area contributed by atoms with E-state index in [1.807, 2.05) is 0 Å². The van der Waals surface area contributed by atoms with Gasteiger partial charge in [-0.05, 0) is 28.1 Å². The number of benzene rings is 1. The molecular weight excluding hydrogens is 320 g/mol. The van der Waals surface area contributed by atoms with Gasteiger partial charge >= 0.3 is 6.18 Å². The molecule has 2 aromatic rings. The number of nitrogens with one attached hydrogen (secondary N) is 1. The second-order valence-electron chi connectivity index (χ2n) is 3.26. The summed E-state index contributed by atoms with van der Waals surface area (Å²) >= 11 is 8.53. The Bertz CT molecular complexity index is 551. The molecule has 0 radical (unpaired) electrons. The molecule has 1 aromatic heterocycles. The molecule has 0 amide bonds. The zero-order valence-corrected chi connectivity index (χ0v) is 10.5. The molecule has 0 atom stereocenters. The Morgan fingerprint density at radius 2 is 2.00 bits per heavy atom. The quantitative estimate of drug-likeness (QED) is 0.821. The molecule has 0 spiro atoms. The van der Waals surface area contributed by atoms with Gasteiger partial charge in [0.15, 0.2) is 5.69 Å². The number of alkyl halides is 3. The summed E-state index contributed by atoms with van der Waals surface area (Å²) in [5.74, 6) is 0.117. The van der Waals surface area contributed by atoms with E-state index in [0.29, 0.717) is 10.6 Å². The minimum Gasteiger partial charge on any atom is -0.333 e. The predicted molar refractivity (Wildman–Crippen MR) is 61.7 cm³/mol. The van der Waals surface area contributed by atoms with Gasteiger partial charge in [0.25, 0.3) is 0 Å². The van der Waals surface area contributed by atoms with Crippen molar-refractivity contribution in [3.05, 3.63) is 39.6 Å². The molecule has 1 aromatic carbocycles. The fourth-order valence-electron chi connectivity index (χ4n) is 1.31. The predicted octanol–water partition coefficient (Wildman–Crippen LogP) is 4.51. The fourth-order valence-corrected chi connectivity index (χ4v) is 2.00. The van der Waals surface area contributed by atoms with Gasteiger partial charge in [0, 0.05) is 10.6 Å². The van der Waals surface area contributed by atoms with E-state index in [-0.39, 0.29) is 10.4 Å². The molecule has 0 aliphatic rings. The molecule has 90 valence electrons. The van der Waals surface area contributed by atoms with Crippen molar-refractivity contribution in [2.75, 3.05) is 0 Å². The van der Waals surface area contributed by atoms with E-state index >= 15 is 0 Å². The number of aromatic amines is 1. The average molecular weight is 326 g/mol. The summed E-state index contributed by atoms with van der Waals surface area (Å²) in [6.07, 6.45) is -4.47. The maximum atomic E-state index is 12.5. The largest absolute Gasteiger partial charge is 0.433 e. The van der Waals surface area contributed by atoms with Gasteiger partial charge in [0.1, 0.15) is 10.4 Å². The lowest BCUT2D eigenvalue weighted by molar-refractivity contribution is -0.141. The monoisotopic (exact) mass is 324 g/mol. The lowest BCUT2D eigenvalue weighted by Gasteiger charge is -2.02. The van der Waals surface area contributed by atoms with Crippen molar-refractivity contribution in [2.24, 2.45) is 0 Å². The molecule has 0 unspecified atom stereocenters. The zero-order valence-electron chi connectivity index (χ0n) is 8.15. The summed E-state index contributed by atoms with van der Waals surface area (Å²) < 4.78 is 37.3. The molecule has 1 N–H and O–H groups in total. The number of nitrogens with zero attached hydrogens (tertiary/aromatic N) is 1. The van der Waals surface area contributed by atoms with Crippen LogP contribution in [-0.2, 0) is 6.18 Å². The molecule has 0 aliphatic heterocycles. The normalized spacial score (nSPS) is 11.8. The molecule has 2 rings (SSSR count). The van der Waals surface area contributed by atoms with Crippen LogP contribution in [0, 0.1) is 0 Å². The number of hydrogen-bond acceptors (Lipinski definition) is 1. The number of hydrogen-bond donors (Lipinski definition) is 1. The molecule has 0 fully saturated rings.